The van der Waals surface area contributed by atoms with Crippen LogP contribution in [0.5, 0.6) is 0 Å². The van der Waals surface area contributed by atoms with Gasteiger partial charge in [0.2, 0.25) is 0 Å². The summed E-state index contributed by atoms with van der Waals surface area (Å²) in [5.41, 5.74) is 6.80. The lowest BCUT2D eigenvalue weighted by Gasteiger charge is -2.10. The Morgan fingerprint density at radius 2 is 1.75 bits per heavy atom. The standard InChI is InChI=1S/C21H17ClN2/c22-18-10-11-19-17(13-18)9-8-16-7-4-12-23-20(16)21(19)24-14-15-5-2-1-3-6-15/h1-7,10-13H,8-9,14H2. The van der Waals surface area contributed by atoms with Crippen LogP contribution in [-0.4, -0.2) is 10.7 Å². The molecule has 0 spiro atoms. The van der Waals surface area contributed by atoms with Crippen LogP contribution in [0, 0.1) is 0 Å². The van der Waals surface area contributed by atoms with Gasteiger partial charge in [-0.1, -0.05) is 54.1 Å². The molecule has 1 aromatic heterocycles. The van der Waals surface area contributed by atoms with Crippen molar-refractivity contribution in [1.82, 2.24) is 4.98 Å². The highest BCUT2D eigenvalue weighted by Gasteiger charge is 2.20. The fraction of sp³-hybridized carbons (Fsp3) is 0.143. The summed E-state index contributed by atoms with van der Waals surface area (Å²) in [5.74, 6) is 0. The molecule has 0 N–H and O–H groups in total. The summed E-state index contributed by atoms with van der Waals surface area (Å²) in [6.07, 6.45) is 3.76. The van der Waals surface area contributed by atoms with Gasteiger partial charge in [0.1, 0.15) is 0 Å². The van der Waals surface area contributed by atoms with Gasteiger partial charge >= 0.3 is 0 Å². The van der Waals surface area contributed by atoms with Crippen LogP contribution in [0.25, 0.3) is 0 Å². The van der Waals surface area contributed by atoms with Crippen molar-refractivity contribution < 1.29 is 0 Å². The van der Waals surface area contributed by atoms with E-state index in [1.165, 1.54) is 16.7 Å². The molecule has 2 nitrogen and oxygen atoms in total. The molecule has 3 aromatic rings. The number of aliphatic imine (C=N–C) groups is 1. The summed E-state index contributed by atoms with van der Waals surface area (Å²) in [4.78, 5) is 9.57. The molecule has 0 fully saturated rings. The Bertz CT molecular complexity index is 901. The first-order valence-electron chi connectivity index (χ1n) is 8.13. The summed E-state index contributed by atoms with van der Waals surface area (Å²) >= 11 is 6.21. The van der Waals surface area contributed by atoms with Gasteiger partial charge in [-0.05, 0) is 47.7 Å². The Hall–Kier alpha value is -2.45. The fourth-order valence-electron chi connectivity index (χ4n) is 3.16. The molecule has 0 saturated heterocycles. The molecule has 24 heavy (non-hydrogen) atoms. The van der Waals surface area contributed by atoms with Crippen molar-refractivity contribution in [2.75, 3.05) is 0 Å². The Kier molecular flexibility index (Phi) is 4.14. The van der Waals surface area contributed by atoms with Gasteiger partial charge in [-0.25, -0.2) is 0 Å². The first kappa shape index (κ1) is 15.1. The van der Waals surface area contributed by atoms with Crippen molar-refractivity contribution in [3.8, 4) is 0 Å². The zero-order chi connectivity index (χ0) is 16.4. The van der Waals surface area contributed by atoms with Gasteiger partial charge in [-0.3, -0.25) is 9.98 Å². The summed E-state index contributed by atoms with van der Waals surface area (Å²) < 4.78 is 0. The van der Waals surface area contributed by atoms with Crippen LogP contribution in [0.15, 0.2) is 71.9 Å². The zero-order valence-electron chi connectivity index (χ0n) is 13.2. The number of pyridine rings is 1. The third-order valence-electron chi connectivity index (χ3n) is 4.36. The van der Waals surface area contributed by atoms with Crippen LogP contribution >= 0.6 is 11.6 Å². The Labute approximate surface area is 146 Å². The first-order valence-corrected chi connectivity index (χ1v) is 8.50. The second-order valence-electron chi connectivity index (χ2n) is 5.96. The van der Waals surface area contributed by atoms with Crippen molar-refractivity contribution in [3.63, 3.8) is 0 Å². The average molecular weight is 333 g/mol. The minimum absolute atomic E-state index is 0.647. The highest BCUT2D eigenvalue weighted by Crippen LogP contribution is 2.26. The van der Waals surface area contributed by atoms with Crippen LogP contribution in [0.4, 0.5) is 0 Å². The SMILES string of the molecule is Clc1ccc2c(c1)CCc1cccnc1C2=NCc1ccccc1. The highest BCUT2D eigenvalue weighted by molar-refractivity contribution is 6.31. The molecule has 0 radical (unpaired) electrons. The van der Waals surface area contributed by atoms with Crippen molar-refractivity contribution >= 4 is 17.3 Å². The van der Waals surface area contributed by atoms with Gasteiger partial charge in [0, 0.05) is 16.8 Å². The lowest BCUT2D eigenvalue weighted by Crippen LogP contribution is -2.09. The van der Waals surface area contributed by atoms with Crippen molar-refractivity contribution in [2.24, 2.45) is 4.99 Å². The molecule has 0 amide bonds. The van der Waals surface area contributed by atoms with Gasteiger partial charge in [0.25, 0.3) is 0 Å². The fourth-order valence-corrected chi connectivity index (χ4v) is 3.36. The van der Waals surface area contributed by atoms with E-state index in [-0.39, 0.29) is 0 Å². The normalized spacial score (nSPS) is 14.8. The van der Waals surface area contributed by atoms with E-state index in [1.54, 1.807) is 0 Å². The van der Waals surface area contributed by atoms with Crippen LogP contribution in [0.1, 0.15) is 27.9 Å². The summed E-state index contributed by atoms with van der Waals surface area (Å²) in [7, 11) is 0. The Morgan fingerprint density at radius 3 is 2.62 bits per heavy atom. The second-order valence-corrected chi connectivity index (χ2v) is 6.40. The predicted octanol–water partition coefficient (Wildman–Crippen LogP) is 4.87. The maximum absolute atomic E-state index is 6.21. The van der Waals surface area contributed by atoms with Crippen LogP contribution in [-0.2, 0) is 19.4 Å². The van der Waals surface area contributed by atoms with Gasteiger partial charge in [0.15, 0.2) is 0 Å². The van der Waals surface area contributed by atoms with Gasteiger partial charge in [-0.2, -0.15) is 0 Å². The molecule has 3 heteroatoms. The van der Waals surface area contributed by atoms with E-state index in [9.17, 15) is 0 Å². The number of halogens is 1. The largest absolute Gasteiger partial charge is 0.278 e. The second kappa shape index (κ2) is 6.58. The summed E-state index contributed by atoms with van der Waals surface area (Å²) in [6, 6.07) is 20.5. The average Bonchev–Trinajstić information content (AvgIpc) is 2.77. The quantitative estimate of drug-likeness (QED) is 0.657. The number of nitrogens with zero attached hydrogens (tertiary/aromatic N) is 2. The first-order chi connectivity index (χ1) is 11.8. The lowest BCUT2D eigenvalue weighted by atomic mass is 10.0. The molecule has 0 aliphatic heterocycles. The minimum atomic E-state index is 0.647. The third-order valence-corrected chi connectivity index (χ3v) is 4.60. The molecule has 118 valence electrons. The molecule has 0 atom stereocenters. The van der Waals surface area contributed by atoms with Crippen LogP contribution < -0.4 is 0 Å². The molecular formula is C21H17ClN2. The van der Waals surface area contributed by atoms with Gasteiger partial charge in [0.05, 0.1) is 18.0 Å². The molecule has 0 unspecified atom stereocenters. The van der Waals surface area contributed by atoms with E-state index in [1.807, 2.05) is 36.5 Å². The molecule has 1 aliphatic rings. The molecule has 1 heterocycles. The van der Waals surface area contributed by atoms with E-state index in [2.05, 4.69) is 35.3 Å². The maximum Gasteiger partial charge on any atom is 0.0920 e. The molecule has 1 aliphatic carbocycles. The van der Waals surface area contributed by atoms with Crippen molar-refractivity contribution in [3.05, 3.63) is 99.8 Å². The van der Waals surface area contributed by atoms with Gasteiger partial charge in [-0.15, -0.1) is 0 Å². The number of rotatable bonds is 2. The van der Waals surface area contributed by atoms with E-state index >= 15 is 0 Å². The molecule has 0 bridgehead atoms. The molecule has 4 rings (SSSR count). The van der Waals surface area contributed by atoms with Gasteiger partial charge < -0.3 is 0 Å². The summed E-state index contributed by atoms with van der Waals surface area (Å²) in [5, 5.41) is 0.773. The monoisotopic (exact) mass is 332 g/mol. The number of aromatic nitrogens is 1. The Balaban J connectivity index is 1.84. The third kappa shape index (κ3) is 2.98. The highest BCUT2D eigenvalue weighted by atomic mass is 35.5. The smallest absolute Gasteiger partial charge is 0.0920 e. The minimum Gasteiger partial charge on any atom is -0.278 e. The number of aryl methyl sites for hydroxylation is 2. The van der Waals surface area contributed by atoms with Crippen molar-refractivity contribution in [1.29, 1.82) is 0 Å². The number of fused-ring (bicyclic) bond motifs is 2. The van der Waals surface area contributed by atoms with E-state index in [4.69, 9.17) is 16.6 Å². The predicted molar refractivity (Wildman–Crippen MR) is 98.9 cm³/mol. The van der Waals surface area contributed by atoms with Crippen molar-refractivity contribution in [2.45, 2.75) is 19.4 Å². The number of hydrogen-bond donors (Lipinski definition) is 0. The number of benzene rings is 2. The zero-order valence-corrected chi connectivity index (χ0v) is 14.0. The number of hydrogen-bond acceptors (Lipinski definition) is 2. The maximum atomic E-state index is 6.21. The van der Waals surface area contributed by atoms with Crippen LogP contribution in [0.2, 0.25) is 5.02 Å². The topological polar surface area (TPSA) is 25.2 Å². The molecule has 0 saturated carbocycles. The Morgan fingerprint density at radius 1 is 0.917 bits per heavy atom. The lowest BCUT2D eigenvalue weighted by molar-refractivity contribution is 0.955. The molecule has 2 aromatic carbocycles. The molecular weight excluding hydrogens is 316 g/mol. The van der Waals surface area contributed by atoms with E-state index in [0.717, 1.165) is 34.8 Å². The van der Waals surface area contributed by atoms with E-state index < -0.39 is 0 Å². The van der Waals surface area contributed by atoms with E-state index in [0.29, 0.717) is 6.54 Å². The summed E-state index contributed by atoms with van der Waals surface area (Å²) in [6.45, 7) is 0.647. The van der Waals surface area contributed by atoms with Crippen LogP contribution in [0.3, 0.4) is 0 Å².